The summed E-state index contributed by atoms with van der Waals surface area (Å²) < 4.78 is 31.0. The topological polar surface area (TPSA) is 81.2 Å². The Labute approximate surface area is 188 Å². The summed E-state index contributed by atoms with van der Waals surface area (Å²) in [7, 11) is 0. The van der Waals surface area contributed by atoms with Gasteiger partial charge >= 0.3 is 0 Å². The van der Waals surface area contributed by atoms with Crippen molar-refractivity contribution in [1.82, 2.24) is 9.78 Å². The second-order valence-corrected chi connectivity index (χ2v) is 8.34. The van der Waals surface area contributed by atoms with Crippen LogP contribution in [0.2, 0.25) is 5.02 Å². The number of carbonyl (C=O) groups is 2. The number of primary amides is 1. The molecule has 166 valence electrons. The van der Waals surface area contributed by atoms with Gasteiger partial charge in [-0.1, -0.05) is 29.8 Å². The number of hydrogen-bond acceptors (Lipinski definition) is 3. The Morgan fingerprint density at radius 2 is 1.97 bits per heavy atom. The third kappa shape index (κ3) is 4.36. The van der Waals surface area contributed by atoms with E-state index in [2.05, 4.69) is 5.10 Å². The molecule has 32 heavy (non-hydrogen) atoms. The number of aromatic nitrogens is 2. The van der Waals surface area contributed by atoms with Gasteiger partial charge in [0.15, 0.2) is 0 Å². The highest BCUT2D eigenvalue weighted by atomic mass is 35.5. The van der Waals surface area contributed by atoms with E-state index in [1.54, 1.807) is 47.3 Å². The molecule has 1 aliphatic heterocycles. The van der Waals surface area contributed by atoms with Crippen molar-refractivity contribution >= 4 is 29.1 Å². The lowest BCUT2D eigenvalue weighted by molar-refractivity contribution is -0.118. The number of nitrogens with zero attached hydrogens (tertiary/aromatic N) is 3. The number of hydrogen-bond donors (Lipinski definition) is 1. The Morgan fingerprint density at radius 1 is 1.22 bits per heavy atom. The maximum atomic E-state index is 14.7. The molecule has 6 nitrogen and oxygen atoms in total. The van der Waals surface area contributed by atoms with Gasteiger partial charge in [0.05, 0.1) is 28.0 Å². The van der Waals surface area contributed by atoms with E-state index >= 15 is 0 Å². The zero-order chi connectivity index (χ0) is 23.0. The number of aryl methyl sites for hydroxylation is 1. The van der Waals surface area contributed by atoms with E-state index in [1.165, 1.54) is 11.0 Å². The number of rotatable bonds is 4. The highest BCUT2D eigenvalue weighted by Crippen LogP contribution is 2.39. The summed E-state index contributed by atoms with van der Waals surface area (Å²) in [5, 5.41) is 4.46. The van der Waals surface area contributed by atoms with Crippen LogP contribution in [0.4, 0.5) is 14.5 Å². The minimum Gasteiger partial charge on any atom is -0.370 e. The van der Waals surface area contributed by atoms with Gasteiger partial charge in [-0.05, 0) is 42.8 Å². The molecule has 2 N–H and O–H groups in total. The minimum atomic E-state index is -3.10. The molecule has 9 heteroatoms. The summed E-state index contributed by atoms with van der Waals surface area (Å²) in [5.74, 6) is -4.44. The first kappa shape index (κ1) is 22.0. The molecule has 2 aromatic carbocycles. The maximum Gasteiger partial charge on any atom is 0.260 e. The third-order valence-electron chi connectivity index (χ3n) is 5.43. The van der Waals surface area contributed by atoms with Crippen LogP contribution in [0.5, 0.6) is 0 Å². The lowest BCUT2D eigenvalue weighted by Crippen LogP contribution is -2.44. The maximum absolute atomic E-state index is 14.7. The smallest absolute Gasteiger partial charge is 0.260 e. The average molecular weight is 459 g/mol. The summed E-state index contributed by atoms with van der Waals surface area (Å²) in [6.45, 7) is 1.85. The molecule has 2 heterocycles. The van der Waals surface area contributed by atoms with E-state index in [0.717, 1.165) is 5.69 Å². The van der Waals surface area contributed by atoms with Crippen molar-refractivity contribution in [2.24, 2.45) is 5.73 Å². The number of amides is 2. The summed E-state index contributed by atoms with van der Waals surface area (Å²) in [6.07, 6.45) is 0.155. The van der Waals surface area contributed by atoms with Gasteiger partial charge in [0.25, 0.3) is 11.8 Å². The molecule has 0 aliphatic carbocycles. The molecule has 1 aromatic heterocycles. The molecule has 0 saturated heterocycles. The number of para-hydroxylation sites is 1. The summed E-state index contributed by atoms with van der Waals surface area (Å²) >= 11 is 6.45. The van der Waals surface area contributed by atoms with Crippen LogP contribution in [-0.4, -0.2) is 33.6 Å². The van der Waals surface area contributed by atoms with Crippen LogP contribution in [0.1, 0.15) is 34.5 Å². The van der Waals surface area contributed by atoms with Crippen LogP contribution >= 0.6 is 11.6 Å². The van der Waals surface area contributed by atoms with Crippen LogP contribution in [0.3, 0.4) is 0 Å². The van der Waals surface area contributed by atoms with Crippen molar-refractivity contribution in [2.45, 2.75) is 38.2 Å². The van der Waals surface area contributed by atoms with Crippen molar-refractivity contribution in [1.29, 1.82) is 0 Å². The Kier molecular flexibility index (Phi) is 5.73. The van der Waals surface area contributed by atoms with Gasteiger partial charge in [-0.25, -0.2) is 13.5 Å². The van der Waals surface area contributed by atoms with Crippen LogP contribution in [0.15, 0.2) is 54.7 Å². The van der Waals surface area contributed by atoms with Gasteiger partial charge in [-0.3, -0.25) is 9.59 Å². The number of alkyl halides is 2. The fraction of sp³-hybridized carbons (Fsp3) is 0.261. The minimum absolute atomic E-state index is 0.133. The van der Waals surface area contributed by atoms with Crippen molar-refractivity contribution in [2.75, 3.05) is 4.90 Å². The first-order valence-corrected chi connectivity index (χ1v) is 10.4. The summed E-state index contributed by atoms with van der Waals surface area (Å²) in [5.41, 5.74) is 7.58. The Morgan fingerprint density at radius 3 is 2.62 bits per heavy atom. The zero-order valence-corrected chi connectivity index (χ0v) is 18.0. The number of nitrogens with two attached hydrogens (primary N) is 1. The molecule has 0 bridgehead atoms. The van der Waals surface area contributed by atoms with Gasteiger partial charge in [0.1, 0.15) is 0 Å². The van der Waals surface area contributed by atoms with Crippen molar-refractivity contribution in [3.8, 4) is 5.69 Å². The summed E-state index contributed by atoms with van der Waals surface area (Å²) in [4.78, 5) is 26.5. The van der Waals surface area contributed by atoms with Gasteiger partial charge in [-0.15, -0.1) is 0 Å². The predicted octanol–water partition coefficient (Wildman–Crippen LogP) is 4.31. The highest BCUT2D eigenvalue weighted by molar-refractivity contribution is 6.34. The van der Waals surface area contributed by atoms with Gasteiger partial charge in [-0.2, -0.15) is 5.10 Å². The van der Waals surface area contributed by atoms with E-state index in [1.807, 2.05) is 13.0 Å². The van der Waals surface area contributed by atoms with E-state index in [-0.39, 0.29) is 10.6 Å². The van der Waals surface area contributed by atoms with Gasteiger partial charge < -0.3 is 10.6 Å². The van der Waals surface area contributed by atoms with Crippen molar-refractivity contribution in [3.63, 3.8) is 0 Å². The first-order valence-electron chi connectivity index (χ1n) is 10.0. The second-order valence-electron chi connectivity index (χ2n) is 7.93. The van der Waals surface area contributed by atoms with Crippen LogP contribution in [0, 0.1) is 6.92 Å². The molecular formula is C23H21ClF2N4O2. The molecule has 0 saturated carbocycles. The van der Waals surface area contributed by atoms with Crippen LogP contribution < -0.4 is 10.6 Å². The van der Waals surface area contributed by atoms with Crippen LogP contribution in [-0.2, 0) is 11.2 Å². The molecular weight excluding hydrogens is 438 g/mol. The SMILES string of the molecule is Cc1ccn(-c2ccc(C(=O)N3c4ccccc4CC(F)(F)CC3CC(N)=O)c(Cl)c2)n1. The first-order chi connectivity index (χ1) is 15.1. The molecule has 3 aromatic rings. The molecule has 4 rings (SSSR count). The predicted molar refractivity (Wildman–Crippen MR) is 117 cm³/mol. The number of benzene rings is 2. The molecule has 1 unspecified atom stereocenters. The highest BCUT2D eigenvalue weighted by Gasteiger charge is 2.43. The lowest BCUT2D eigenvalue weighted by atomic mass is 10.0. The van der Waals surface area contributed by atoms with E-state index in [0.29, 0.717) is 16.9 Å². The van der Waals surface area contributed by atoms with Crippen molar-refractivity contribution < 1.29 is 18.4 Å². The fourth-order valence-corrected chi connectivity index (χ4v) is 4.31. The lowest BCUT2D eigenvalue weighted by Gasteiger charge is -2.31. The van der Waals surface area contributed by atoms with E-state index in [9.17, 15) is 18.4 Å². The van der Waals surface area contributed by atoms with Crippen molar-refractivity contribution in [3.05, 3.63) is 76.6 Å². The average Bonchev–Trinajstić information content (AvgIpc) is 3.10. The molecule has 0 spiro atoms. The Hall–Kier alpha value is -3.26. The normalized spacial score (nSPS) is 17.5. The fourth-order valence-electron chi connectivity index (χ4n) is 4.06. The number of halogens is 3. The number of anilines is 1. The molecule has 0 fully saturated rings. The molecule has 1 atom stereocenters. The summed E-state index contributed by atoms with van der Waals surface area (Å²) in [6, 6.07) is 12.0. The third-order valence-corrected chi connectivity index (χ3v) is 5.74. The molecule has 2 amide bonds. The quantitative estimate of drug-likeness (QED) is 0.632. The van der Waals surface area contributed by atoms with Gasteiger partial charge in [0.2, 0.25) is 5.91 Å². The van der Waals surface area contributed by atoms with E-state index < -0.39 is 43.0 Å². The van der Waals surface area contributed by atoms with Gasteiger partial charge in [0, 0.05) is 31.1 Å². The number of carbonyl (C=O) groups excluding carboxylic acids is 2. The largest absolute Gasteiger partial charge is 0.370 e. The Bertz CT molecular complexity index is 1190. The van der Waals surface area contributed by atoms with Crippen LogP contribution in [0.25, 0.3) is 5.69 Å². The monoisotopic (exact) mass is 458 g/mol. The molecule has 0 radical (unpaired) electrons. The molecule has 1 aliphatic rings. The van der Waals surface area contributed by atoms with E-state index in [4.69, 9.17) is 17.3 Å². The Balaban J connectivity index is 1.78. The zero-order valence-electron chi connectivity index (χ0n) is 17.3. The number of fused-ring (bicyclic) bond motifs is 1. The second kappa shape index (κ2) is 8.35. The standard InChI is InChI=1S/C23H21ClF2N4O2/c1-14-8-9-29(28-14)16-6-7-18(19(24)10-16)22(32)30-17(11-21(27)31)13-23(25,26)12-15-4-2-3-5-20(15)30/h2-10,17H,11-13H2,1H3,(H2,27,31).